The van der Waals surface area contributed by atoms with Crippen molar-refractivity contribution < 1.29 is 9.47 Å². The number of rotatable bonds is 10. The lowest BCUT2D eigenvalue weighted by atomic mass is 10.1. The molecule has 0 aromatic heterocycles. The lowest BCUT2D eigenvalue weighted by Gasteiger charge is -2.27. The normalized spacial score (nSPS) is 15.6. The molecule has 23 heavy (non-hydrogen) atoms. The van der Waals surface area contributed by atoms with Crippen molar-refractivity contribution in [2.24, 2.45) is 0 Å². The maximum absolute atomic E-state index is 5.84. The molecule has 1 heterocycles. The highest BCUT2D eigenvalue weighted by Crippen LogP contribution is 2.29. The molecule has 1 aromatic carbocycles. The first-order chi connectivity index (χ1) is 11.3. The third-order valence-electron chi connectivity index (χ3n) is 4.21. The van der Waals surface area contributed by atoms with Crippen molar-refractivity contribution in [3.05, 3.63) is 23.8 Å². The SMILES string of the molecule is CCCCOc1ccc(CCCN2CCNCC2)cc1OCC. The topological polar surface area (TPSA) is 33.7 Å². The second-order valence-corrected chi connectivity index (χ2v) is 6.11. The Bertz CT molecular complexity index is 445. The van der Waals surface area contributed by atoms with Gasteiger partial charge in [-0.2, -0.15) is 0 Å². The fourth-order valence-electron chi connectivity index (χ4n) is 2.86. The molecular weight excluding hydrogens is 288 g/mol. The summed E-state index contributed by atoms with van der Waals surface area (Å²) in [7, 11) is 0. The minimum Gasteiger partial charge on any atom is -0.490 e. The second-order valence-electron chi connectivity index (χ2n) is 6.11. The van der Waals surface area contributed by atoms with Crippen molar-refractivity contribution in [2.45, 2.75) is 39.5 Å². The van der Waals surface area contributed by atoms with Crippen LogP contribution in [0.5, 0.6) is 11.5 Å². The Kier molecular flexibility index (Phi) is 8.26. The molecule has 0 unspecified atom stereocenters. The molecule has 0 bridgehead atoms. The van der Waals surface area contributed by atoms with Crippen molar-refractivity contribution in [3.63, 3.8) is 0 Å². The molecule has 0 amide bonds. The van der Waals surface area contributed by atoms with Gasteiger partial charge in [0.2, 0.25) is 0 Å². The van der Waals surface area contributed by atoms with Gasteiger partial charge in [-0.15, -0.1) is 0 Å². The zero-order chi connectivity index (χ0) is 16.3. The second kappa shape index (κ2) is 10.5. The minimum absolute atomic E-state index is 0.675. The maximum Gasteiger partial charge on any atom is 0.161 e. The number of nitrogens with zero attached hydrogens (tertiary/aromatic N) is 1. The zero-order valence-corrected chi connectivity index (χ0v) is 14.8. The molecule has 1 N–H and O–H groups in total. The van der Waals surface area contributed by atoms with E-state index in [4.69, 9.17) is 9.47 Å². The summed E-state index contributed by atoms with van der Waals surface area (Å²) in [6.07, 6.45) is 4.52. The van der Waals surface area contributed by atoms with Gasteiger partial charge >= 0.3 is 0 Å². The standard InChI is InChI=1S/C19H32N2O2/c1-3-5-15-23-18-9-8-17(16-19(18)22-4-2)7-6-12-21-13-10-20-11-14-21/h8-9,16,20H,3-7,10-15H2,1-2H3. The van der Waals surface area contributed by atoms with Crippen LogP contribution in [0.3, 0.4) is 0 Å². The van der Waals surface area contributed by atoms with Gasteiger partial charge in [0.1, 0.15) is 0 Å². The first-order valence-electron chi connectivity index (χ1n) is 9.15. The fourth-order valence-corrected chi connectivity index (χ4v) is 2.86. The number of benzene rings is 1. The molecule has 1 fully saturated rings. The third kappa shape index (κ3) is 6.40. The summed E-state index contributed by atoms with van der Waals surface area (Å²) in [6.45, 7) is 11.4. The van der Waals surface area contributed by atoms with Crippen LogP contribution < -0.4 is 14.8 Å². The predicted octanol–water partition coefficient (Wildman–Crippen LogP) is 3.10. The Balaban J connectivity index is 1.84. The molecule has 0 spiro atoms. The van der Waals surface area contributed by atoms with Gasteiger partial charge in [-0.1, -0.05) is 19.4 Å². The Hall–Kier alpha value is -1.26. The summed E-state index contributed by atoms with van der Waals surface area (Å²) in [6, 6.07) is 6.41. The van der Waals surface area contributed by atoms with Crippen molar-refractivity contribution in [3.8, 4) is 11.5 Å². The number of piperazine rings is 1. The Morgan fingerprint density at radius 3 is 2.61 bits per heavy atom. The highest BCUT2D eigenvalue weighted by molar-refractivity contribution is 5.43. The molecule has 4 heteroatoms. The monoisotopic (exact) mass is 320 g/mol. The molecule has 1 aliphatic heterocycles. The van der Waals surface area contributed by atoms with Crippen LogP contribution in [0.1, 0.15) is 38.7 Å². The summed E-state index contributed by atoms with van der Waals surface area (Å²) in [5, 5.41) is 3.40. The number of ether oxygens (including phenoxy) is 2. The Labute approximate surface area is 141 Å². The first kappa shape index (κ1) is 18.1. The summed E-state index contributed by atoms with van der Waals surface area (Å²) in [5.41, 5.74) is 1.34. The van der Waals surface area contributed by atoms with E-state index in [1.807, 2.05) is 6.92 Å². The Morgan fingerprint density at radius 2 is 1.87 bits per heavy atom. The van der Waals surface area contributed by atoms with Gasteiger partial charge in [0.15, 0.2) is 11.5 Å². The largest absolute Gasteiger partial charge is 0.490 e. The van der Waals surface area contributed by atoms with Gasteiger partial charge in [0, 0.05) is 26.2 Å². The van der Waals surface area contributed by atoms with Crippen LogP contribution in [0.4, 0.5) is 0 Å². The number of hydrogen-bond donors (Lipinski definition) is 1. The van der Waals surface area contributed by atoms with Crippen LogP contribution in [0, 0.1) is 0 Å². The van der Waals surface area contributed by atoms with Crippen LogP contribution in [-0.4, -0.2) is 50.8 Å². The van der Waals surface area contributed by atoms with Crippen molar-refractivity contribution in [1.29, 1.82) is 0 Å². The first-order valence-corrected chi connectivity index (χ1v) is 9.15. The van der Waals surface area contributed by atoms with Crippen LogP contribution in [-0.2, 0) is 6.42 Å². The quantitative estimate of drug-likeness (QED) is 0.672. The van der Waals surface area contributed by atoms with Crippen molar-refractivity contribution >= 4 is 0 Å². The highest BCUT2D eigenvalue weighted by atomic mass is 16.5. The van der Waals surface area contributed by atoms with Gasteiger partial charge in [-0.25, -0.2) is 0 Å². The number of hydrogen-bond acceptors (Lipinski definition) is 4. The van der Waals surface area contributed by atoms with E-state index in [1.165, 1.54) is 31.6 Å². The Morgan fingerprint density at radius 1 is 1.04 bits per heavy atom. The molecule has 1 aromatic rings. The highest BCUT2D eigenvalue weighted by Gasteiger charge is 2.10. The van der Waals surface area contributed by atoms with Crippen LogP contribution >= 0.6 is 0 Å². The van der Waals surface area contributed by atoms with E-state index < -0.39 is 0 Å². The van der Waals surface area contributed by atoms with Gasteiger partial charge in [-0.3, -0.25) is 0 Å². The molecule has 1 aliphatic rings. The van der Waals surface area contributed by atoms with Crippen LogP contribution in [0.25, 0.3) is 0 Å². The van der Waals surface area contributed by atoms with Gasteiger partial charge in [-0.05, 0) is 50.4 Å². The van der Waals surface area contributed by atoms with Gasteiger partial charge < -0.3 is 19.7 Å². The van der Waals surface area contributed by atoms with E-state index in [9.17, 15) is 0 Å². The van der Waals surface area contributed by atoms with E-state index in [-0.39, 0.29) is 0 Å². The predicted molar refractivity (Wildman–Crippen MR) is 95.6 cm³/mol. The smallest absolute Gasteiger partial charge is 0.161 e. The number of unbranched alkanes of at least 4 members (excludes halogenated alkanes) is 1. The van der Waals surface area contributed by atoms with Gasteiger partial charge in [0.05, 0.1) is 13.2 Å². The molecule has 1 saturated heterocycles. The molecule has 0 saturated carbocycles. The van der Waals surface area contributed by atoms with E-state index in [0.717, 1.165) is 50.5 Å². The average Bonchev–Trinajstić information content (AvgIpc) is 2.58. The van der Waals surface area contributed by atoms with Crippen LogP contribution in [0.2, 0.25) is 0 Å². The number of nitrogens with one attached hydrogen (secondary N) is 1. The fraction of sp³-hybridized carbons (Fsp3) is 0.684. The summed E-state index contributed by atoms with van der Waals surface area (Å²) < 4.78 is 11.6. The van der Waals surface area contributed by atoms with E-state index in [2.05, 4.69) is 35.3 Å². The molecular formula is C19H32N2O2. The molecule has 130 valence electrons. The molecule has 0 aliphatic carbocycles. The lowest BCUT2D eigenvalue weighted by molar-refractivity contribution is 0.238. The molecule has 0 atom stereocenters. The van der Waals surface area contributed by atoms with E-state index in [0.29, 0.717) is 6.61 Å². The number of aryl methyl sites for hydroxylation is 1. The van der Waals surface area contributed by atoms with Gasteiger partial charge in [0.25, 0.3) is 0 Å². The zero-order valence-electron chi connectivity index (χ0n) is 14.8. The van der Waals surface area contributed by atoms with E-state index >= 15 is 0 Å². The lowest BCUT2D eigenvalue weighted by Crippen LogP contribution is -2.43. The molecule has 0 radical (unpaired) electrons. The van der Waals surface area contributed by atoms with Crippen molar-refractivity contribution in [1.82, 2.24) is 10.2 Å². The molecule has 4 nitrogen and oxygen atoms in total. The maximum atomic E-state index is 5.84. The molecule has 2 rings (SSSR count). The summed E-state index contributed by atoms with van der Waals surface area (Å²) in [5.74, 6) is 1.77. The van der Waals surface area contributed by atoms with Crippen LogP contribution in [0.15, 0.2) is 18.2 Å². The minimum atomic E-state index is 0.675. The van der Waals surface area contributed by atoms with E-state index in [1.54, 1.807) is 0 Å². The third-order valence-corrected chi connectivity index (χ3v) is 4.21. The summed E-state index contributed by atoms with van der Waals surface area (Å²) >= 11 is 0. The van der Waals surface area contributed by atoms with Crippen molar-refractivity contribution in [2.75, 3.05) is 45.9 Å². The average molecular weight is 320 g/mol. The summed E-state index contributed by atoms with van der Waals surface area (Å²) in [4.78, 5) is 2.54.